The minimum absolute atomic E-state index is 0. The number of aliphatic hydroxyl groups excluding tert-OH is 1. The Morgan fingerprint density at radius 2 is 1.67 bits per heavy atom. The average molecular weight is 370 g/mol. The molecule has 1 aliphatic carbocycles. The van der Waals surface area contributed by atoms with E-state index in [1.54, 1.807) is 4.90 Å². The van der Waals surface area contributed by atoms with Crippen LogP contribution in [0.3, 0.4) is 0 Å². The van der Waals surface area contributed by atoms with Crippen molar-refractivity contribution in [3.05, 3.63) is 65.6 Å². The summed E-state index contributed by atoms with van der Waals surface area (Å²) >= 11 is 0. The zero-order valence-corrected chi connectivity index (χ0v) is 16.4. The van der Waals surface area contributed by atoms with Crippen molar-refractivity contribution in [2.24, 2.45) is 0 Å². The maximum Gasteiger partial charge on any atom is 0.194 e. The van der Waals surface area contributed by atoms with Crippen LogP contribution in [0.4, 0.5) is 0 Å². The van der Waals surface area contributed by atoms with Gasteiger partial charge in [0.15, 0.2) is 5.88 Å². The molecule has 0 atom stereocenters. The molecule has 0 spiro atoms. The molecule has 136 valence electrons. The topological polar surface area (TPSA) is 23.5 Å². The number of unbranched alkanes of at least 4 members (excludes halogenated alkanes) is 5. The molecule has 2 nitrogen and oxygen atoms in total. The van der Waals surface area contributed by atoms with Crippen molar-refractivity contribution in [3.8, 4) is 0 Å². The predicted octanol–water partition coefficient (Wildman–Crippen LogP) is 5.97. The van der Waals surface area contributed by atoms with Gasteiger partial charge in [0.1, 0.15) is 0 Å². The molecule has 1 aromatic rings. The van der Waals surface area contributed by atoms with Crippen LogP contribution in [0.5, 0.6) is 0 Å². The van der Waals surface area contributed by atoms with Gasteiger partial charge in [-0.1, -0.05) is 51.2 Å². The first-order valence-corrected chi connectivity index (χ1v) is 8.81. The molecule has 0 heterocycles. The summed E-state index contributed by atoms with van der Waals surface area (Å²) in [5.41, 5.74) is 2.27. The Balaban J connectivity index is 0.000000751. The van der Waals surface area contributed by atoms with Crippen LogP contribution >= 0.6 is 0 Å². The number of rotatable bonds is 8. The molecule has 1 aromatic carbocycles. The number of hydrogen-bond acceptors (Lipinski definition) is 2. The molecule has 1 N–H and O–H groups in total. The fourth-order valence-electron chi connectivity index (χ4n) is 2.55. The number of allylic oxidation sites excluding steroid dienone is 5. The summed E-state index contributed by atoms with van der Waals surface area (Å²) in [5.74, 6) is 0.376. The molecule has 1 aliphatic rings. The second-order valence-electron chi connectivity index (χ2n) is 6.16. The van der Waals surface area contributed by atoms with Gasteiger partial charge in [0.2, 0.25) is 0 Å². The molecule has 0 unspecified atom stereocenters. The number of hydrogen-bond donors (Lipinski definition) is 1. The summed E-state index contributed by atoms with van der Waals surface area (Å²) in [5, 5.41) is 9.98. The third kappa shape index (κ3) is 9.10. The molecule has 0 saturated heterocycles. The first-order chi connectivity index (χ1) is 11.2. The Morgan fingerprint density at radius 3 is 2.21 bits per heavy atom. The zero-order valence-electron chi connectivity index (χ0n) is 15.3. The molecule has 0 saturated carbocycles. The van der Waals surface area contributed by atoms with E-state index in [0.717, 1.165) is 12.0 Å². The van der Waals surface area contributed by atoms with E-state index in [9.17, 15) is 5.11 Å². The zero-order chi connectivity index (χ0) is 16.9. The summed E-state index contributed by atoms with van der Waals surface area (Å²) in [6.45, 7) is 2.25. The van der Waals surface area contributed by atoms with Crippen LogP contribution in [0.25, 0.3) is 0 Å². The van der Waals surface area contributed by atoms with Gasteiger partial charge in [-0.3, -0.25) is 0 Å². The number of aliphatic hydroxyl groups is 1. The third-order valence-electron chi connectivity index (χ3n) is 3.93. The third-order valence-corrected chi connectivity index (χ3v) is 3.93. The van der Waals surface area contributed by atoms with Crippen LogP contribution in [0.15, 0.2) is 65.6 Å². The van der Waals surface area contributed by atoms with E-state index < -0.39 is 0 Å². The van der Waals surface area contributed by atoms with Gasteiger partial charge in [-0.15, -0.1) is 0 Å². The van der Waals surface area contributed by atoms with Crippen molar-refractivity contribution in [2.45, 2.75) is 51.9 Å². The van der Waals surface area contributed by atoms with E-state index in [1.807, 2.05) is 56.6 Å². The van der Waals surface area contributed by atoms with Crippen LogP contribution in [-0.2, 0) is 17.1 Å². The first-order valence-electron chi connectivity index (χ1n) is 8.81. The molecule has 0 bridgehead atoms. The van der Waals surface area contributed by atoms with E-state index in [4.69, 9.17) is 0 Å². The molecule has 24 heavy (non-hydrogen) atoms. The molecule has 0 aromatic heterocycles. The van der Waals surface area contributed by atoms with E-state index >= 15 is 0 Å². The Labute approximate surface area is 158 Å². The Hall–Kier alpha value is -1.31. The van der Waals surface area contributed by atoms with E-state index in [0.29, 0.717) is 5.88 Å². The van der Waals surface area contributed by atoms with Gasteiger partial charge in [0.05, 0.1) is 0 Å². The van der Waals surface area contributed by atoms with E-state index in [2.05, 4.69) is 13.0 Å². The van der Waals surface area contributed by atoms with Crippen LogP contribution in [0.1, 0.15) is 51.9 Å². The van der Waals surface area contributed by atoms with Crippen molar-refractivity contribution in [1.29, 1.82) is 0 Å². The van der Waals surface area contributed by atoms with Crippen LogP contribution in [-0.4, -0.2) is 24.1 Å². The molecule has 0 radical (unpaired) electrons. The molecule has 2 rings (SSSR count). The Bertz CT molecular complexity index is 481. The SMILES string of the molecule is CCCCCCCCC1=CC=C/C1=C(/O)N(C)C.[Fe].c1cc[cH-]c1. The Kier molecular flexibility index (Phi) is 13.3. The van der Waals surface area contributed by atoms with Gasteiger partial charge in [0, 0.05) is 36.7 Å². The summed E-state index contributed by atoms with van der Waals surface area (Å²) < 4.78 is 0. The maximum absolute atomic E-state index is 9.98. The predicted molar refractivity (Wildman–Crippen MR) is 101 cm³/mol. The van der Waals surface area contributed by atoms with Crippen molar-refractivity contribution in [3.63, 3.8) is 0 Å². The smallest absolute Gasteiger partial charge is 0.194 e. The second-order valence-corrected chi connectivity index (χ2v) is 6.16. The van der Waals surface area contributed by atoms with Gasteiger partial charge >= 0.3 is 0 Å². The van der Waals surface area contributed by atoms with Gasteiger partial charge < -0.3 is 10.0 Å². The van der Waals surface area contributed by atoms with Gasteiger partial charge in [-0.2, -0.15) is 18.2 Å². The second kappa shape index (κ2) is 14.1. The summed E-state index contributed by atoms with van der Waals surface area (Å²) in [6.07, 6.45) is 15.1. The summed E-state index contributed by atoms with van der Waals surface area (Å²) in [7, 11) is 3.74. The summed E-state index contributed by atoms with van der Waals surface area (Å²) in [6, 6.07) is 10.0. The quantitative estimate of drug-likeness (QED) is 0.264. The Morgan fingerprint density at radius 1 is 1.04 bits per heavy atom. The van der Waals surface area contributed by atoms with Gasteiger partial charge in [0.25, 0.3) is 0 Å². The molecule has 0 aliphatic heterocycles. The normalized spacial score (nSPS) is 14.4. The number of nitrogens with zero attached hydrogens (tertiary/aromatic N) is 1. The van der Waals surface area contributed by atoms with Crippen LogP contribution in [0.2, 0.25) is 0 Å². The van der Waals surface area contributed by atoms with Crippen molar-refractivity contribution in [1.82, 2.24) is 4.90 Å². The molecule has 0 fully saturated rings. The van der Waals surface area contributed by atoms with Crippen LogP contribution in [0, 0.1) is 0 Å². The van der Waals surface area contributed by atoms with Gasteiger partial charge in [-0.25, -0.2) is 12.1 Å². The molecule has 3 heteroatoms. The maximum atomic E-state index is 9.98. The fourth-order valence-corrected chi connectivity index (χ4v) is 2.55. The molecule has 0 amide bonds. The van der Waals surface area contributed by atoms with E-state index in [-0.39, 0.29) is 17.1 Å². The molecular weight excluding hydrogens is 338 g/mol. The largest absolute Gasteiger partial charge is 0.494 e. The summed E-state index contributed by atoms with van der Waals surface area (Å²) in [4.78, 5) is 1.76. The molecular formula is C21H32FeNO-. The standard InChI is InChI=1S/C16H27NO.C5H5.Fe/c1-4-5-6-7-8-9-11-14-12-10-13-15(14)16(18)17(2)3;1-2-4-5-3-1;/h10,12-13,18H,4-9,11H2,1-3H3;1-5H;/q;-1;/b16-15-;;. The van der Waals surface area contributed by atoms with Crippen LogP contribution < -0.4 is 0 Å². The van der Waals surface area contributed by atoms with Gasteiger partial charge in [-0.05, 0) is 24.5 Å². The minimum Gasteiger partial charge on any atom is -0.494 e. The first kappa shape index (κ1) is 22.7. The van der Waals surface area contributed by atoms with Crippen molar-refractivity contribution in [2.75, 3.05) is 14.1 Å². The average Bonchev–Trinajstić information content (AvgIpc) is 3.23. The monoisotopic (exact) mass is 370 g/mol. The van der Waals surface area contributed by atoms with Crippen molar-refractivity contribution >= 4 is 0 Å². The van der Waals surface area contributed by atoms with E-state index in [1.165, 1.54) is 44.1 Å². The van der Waals surface area contributed by atoms with Crippen molar-refractivity contribution < 1.29 is 22.2 Å². The minimum atomic E-state index is 0. The fraction of sp³-hybridized carbons (Fsp3) is 0.476.